The number of nitrogens with zero attached hydrogens (tertiary/aromatic N) is 1. The number of hydrogen-bond acceptors (Lipinski definition) is 3. The summed E-state index contributed by atoms with van der Waals surface area (Å²) >= 11 is 0. The third kappa shape index (κ3) is 3.48. The number of nitrogens with one attached hydrogen (secondary N) is 1. The third-order valence-corrected chi connectivity index (χ3v) is 6.97. The second-order valence-corrected chi connectivity index (χ2v) is 8.94. The van der Waals surface area contributed by atoms with Gasteiger partial charge in [0.05, 0.1) is 24.3 Å². The van der Waals surface area contributed by atoms with Crippen molar-refractivity contribution in [1.29, 1.82) is 0 Å². The van der Waals surface area contributed by atoms with Crippen molar-refractivity contribution in [1.82, 2.24) is 4.90 Å². The zero-order chi connectivity index (χ0) is 21.5. The molecular weight excluding hydrogens is 388 g/mol. The molecule has 5 atom stereocenters. The number of imide groups is 1. The number of aryl methyl sites for hydroxylation is 1. The maximum Gasteiger partial charge on any atom is 0.234 e. The molecular formula is C26H26N2O3. The van der Waals surface area contributed by atoms with Crippen LogP contribution in [0.3, 0.4) is 0 Å². The van der Waals surface area contributed by atoms with Crippen molar-refractivity contribution < 1.29 is 14.4 Å². The zero-order valence-electron chi connectivity index (χ0n) is 17.5. The molecule has 6 rings (SSSR count). The van der Waals surface area contributed by atoms with E-state index in [0.29, 0.717) is 5.69 Å². The lowest BCUT2D eigenvalue weighted by molar-refractivity contribution is -0.143. The zero-order valence-corrected chi connectivity index (χ0v) is 17.5. The predicted octanol–water partition coefficient (Wildman–Crippen LogP) is 4.26. The number of carbonyl (C=O) groups excluding carboxylic acids is 3. The molecule has 0 unspecified atom stereocenters. The monoisotopic (exact) mass is 414 g/mol. The Morgan fingerprint density at radius 3 is 2.19 bits per heavy atom. The Labute approximate surface area is 182 Å². The SMILES string of the molecule is Cc1cccc(NC(=O)C[C@H](c2ccccc2)N2C(=O)[C@@H]3[C@@H](C2=O)[C@H]2C=C[C@H]3CC2)c1. The number of rotatable bonds is 5. The topological polar surface area (TPSA) is 66.5 Å². The molecule has 2 aromatic rings. The summed E-state index contributed by atoms with van der Waals surface area (Å²) in [4.78, 5) is 41.3. The minimum Gasteiger partial charge on any atom is -0.326 e. The van der Waals surface area contributed by atoms with Gasteiger partial charge in [-0.1, -0.05) is 54.6 Å². The van der Waals surface area contributed by atoms with Gasteiger partial charge in [-0.25, -0.2) is 0 Å². The highest BCUT2D eigenvalue weighted by Crippen LogP contribution is 2.51. The van der Waals surface area contributed by atoms with Crippen LogP contribution in [-0.2, 0) is 14.4 Å². The maximum atomic E-state index is 13.5. The highest BCUT2D eigenvalue weighted by atomic mass is 16.2. The van der Waals surface area contributed by atoms with Crippen molar-refractivity contribution in [3.63, 3.8) is 0 Å². The van der Waals surface area contributed by atoms with Crippen LogP contribution in [0.4, 0.5) is 5.69 Å². The van der Waals surface area contributed by atoms with Crippen molar-refractivity contribution in [2.24, 2.45) is 23.7 Å². The molecule has 0 spiro atoms. The van der Waals surface area contributed by atoms with E-state index in [0.717, 1.165) is 24.0 Å². The number of allylic oxidation sites excluding steroid dienone is 2. The minimum atomic E-state index is -0.601. The van der Waals surface area contributed by atoms with Crippen molar-refractivity contribution in [2.45, 2.75) is 32.2 Å². The van der Waals surface area contributed by atoms with Gasteiger partial charge >= 0.3 is 0 Å². The summed E-state index contributed by atoms with van der Waals surface area (Å²) in [6, 6.07) is 16.4. The van der Waals surface area contributed by atoms with E-state index in [2.05, 4.69) is 17.5 Å². The number of hydrogen-bond donors (Lipinski definition) is 1. The first-order chi connectivity index (χ1) is 15.0. The van der Waals surface area contributed by atoms with Gasteiger partial charge in [0.25, 0.3) is 0 Å². The summed E-state index contributed by atoms with van der Waals surface area (Å²) in [7, 11) is 0. The average molecular weight is 415 g/mol. The van der Waals surface area contributed by atoms with E-state index >= 15 is 0 Å². The lowest BCUT2D eigenvalue weighted by Crippen LogP contribution is -2.38. The van der Waals surface area contributed by atoms with Crippen LogP contribution in [0.25, 0.3) is 0 Å². The third-order valence-electron chi connectivity index (χ3n) is 6.97. The second-order valence-electron chi connectivity index (χ2n) is 8.94. The molecule has 1 aliphatic heterocycles. The van der Waals surface area contributed by atoms with Gasteiger partial charge in [-0.3, -0.25) is 19.3 Å². The summed E-state index contributed by atoms with van der Waals surface area (Å²) in [5, 5.41) is 2.93. The number of carbonyl (C=O) groups is 3. The fraction of sp³-hybridized carbons (Fsp3) is 0.346. The lowest BCUT2D eigenvalue weighted by Gasteiger charge is -2.38. The summed E-state index contributed by atoms with van der Waals surface area (Å²) in [5.74, 6) is -0.735. The Bertz CT molecular complexity index is 1030. The molecule has 1 heterocycles. The molecule has 5 heteroatoms. The molecule has 0 aromatic heterocycles. The normalized spacial score (nSPS) is 27.3. The van der Waals surface area contributed by atoms with Gasteiger partial charge in [-0.15, -0.1) is 0 Å². The van der Waals surface area contributed by atoms with Crippen LogP contribution in [-0.4, -0.2) is 22.6 Å². The number of benzene rings is 2. The molecule has 3 amide bonds. The number of amides is 3. The fourth-order valence-corrected chi connectivity index (χ4v) is 5.55. The quantitative estimate of drug-likeness (QED) is 0.587. The maximum absolute atomic E-state index is 13.5. The van der Waals surface area contributed by atoms with Crippen LogP contribution in [0.2, 0.25) is 0 Å². The number of anilines is 1. The molecule has 1 N–H and O–H groups in total. The largest absolute Gasteiger partial charge is 0.326 e. The van der Waals surface area contributed by atoms with Gasteiger partial charge in [0.15, 0.2) is 0 Å². The standard InChI is InChI=1S/C26H26N2O3/c1-16-6-5-9-20(14-16)27-22(29)15-21(17-7-3-2-4-8-17)28-25(30)23-18-10-11-19(13-12-18)24(23)26(28)31/h2-11,14,18-19,21,23-24H,12-13,15H2,1H3,(H,27,29)/t18-,19-,21+,23-,24-/m0/s1. The van der Waals surface area contributed by atoms with Gasteiger partial charge in [0.1, 0.15) is 0 Å². The Morgan fingerprint density at radius 2 is 1.61 bits per heavy atom. The van der Waals surface area contributed by atoms with E-state index in [4.69, 9.17) is 0 Å². The van der Waals surface area contributed by atoms with E-state index in [1.54, 1.807) is 0 Å². The predicted molar refractivity (Wildman–Crippen MR) is 118 cm³/mol. The highest BCUT2D eigenvalue weighted by molar-refractivity contribution is 6.07. The van der Waals surface area contributed by atoms with E-state index < -0.39 is 6.04 Å². The van der Waals surface area contributed by atoms with E-state index in [9.17, 15) is 14.4 Å². The molecule has 0 radical (unpaired) electrons. The Hall–Kier alpha value is -3.21. The van der Waals surface area contributed by atoms with Crippen molar-refractivity contribution in [3.05, 3.63) is 77.9 Å². The molecule has 31 heavy (non-hydrogen) atoms. The summed E-state index contributed by atoms with van der Waals surface area (Å²) < 4.78 is 0. The molecule has 2 bridgehead atoms. The van der Waals surface area contributed by atoms with E-state index in [-0.39, 0.29) is 47.8 Å². The van der Waals surface area contributed by atoms with Gasteiger partial charge in [-0.05, 0) is 54.9 Å². The number of likely N-dealkylation sites (tertiary alicyclic amines) is 1. The summed E-state index contributed by atoms with van der Waals surface area (Å²) in [6.45, 7) is 1.97. The van der Waals surface area contributed by atoms with E-state index in [1.807, 2.05) is 61.5 Å². The first-order valence-electron chi connectivity index (χ1n) is 11.0. The van der Waals surface area contributed by atoms with Crippen LogP contribution in [0, 0.1) is 30.6 Å². The van der Waals surface area contributed by atoms with Gasteiger partial charge in [-0.2, -0.15) is 0 Å². The van der Waals surface area contributed by atoms with Gasteiger partial charge in [0.2, 0.25) is 17.7 Å². The molecule has 2 aromatic carbocycles. The van der Waals surface area contributed by atoms with Crippen molar-refractivity contribution in [3.8, 4) is 0 Å². The molecule has 158 valence electrons. The van der Waals surface area contributed by atoms with Crippen LogP contribution in [0.15, 0.2) is 66.7 Å². The van der Waals surface area contributed by atoms with E-state index in [1.165, 1.54) is 4.90 Å². The van der Waals surface area contributed by atoms with Crippen LogP contribution < -0.4 is 5.32 Å². The van der Waals surface area contributed by atoms with Crippen LogP contribution in [0.5, 0.6) is 0 Å². The smallest absolute Gasteiger partial charge is 0.234 e. The molecule has 1 saturated carbocycles. The van der Waals surface area contributed by atoms with Crippen molar-refractivity contribution in [2.75, 3.05) is 5.32 Å². The molecule has 3 aliphatic carbocycles. The average Bonchev–Trinajstić information content (AvgIpc) is 3.06. The lowest BCUT2D eigenvalue weighted by atomic mass is 9.63. The van der Waals surface area contributed by atoms with Crippen molar-refractivity contribution >= 4 is 23.4 Å². The summed E-state index contributed by atoms with van der Waals surface area (Å²) in [5.41, 5.74) is 2.57. The first kappa shape index (κ1) is 19.7. The molecule has 5 nitrogen and oxygen atoms in total. The fourth-order valence-electron chi connectivity index (χ4n) is 5.55. The van der Waals surface area contributed by atoms with Gasteiger partial charge in [0, 0.05) is 5.69 Å². The van der Waals surface area contributed by atoms with Gasteiger partial charge < -0.3 is 5.32 Å². The Morgan fingerprint density at radius 1 is 0.968 bits per heavy atom. The number of fused-ring (bicyclic) bond motifs is 1. The first-order valence-corrected chi connectivity index (χ1v) is 11.0. The van der Waals surface area contributed by atoms with Crippen LogP contribution >= 0.6 is 0 Å². The minimum absolute atomic E-state index is 0.0393. The Balaban J connectivity index is 1.44. The summed E-state index contributed by atoms with van der Waals surface area (Å²) in [6.07, 6.45) is 6.19. The van der Waals surface area contributed by atoms with Crippen LogP contribution in [0.1, 0.15) is 36.4 Å². The highest BCUT2D eigenvalue weighted by Gasteiger charge is 2.58. The Kier molecular flexibility index (Phi) is 4.97. The molecule has 4 aliphatic rings. The second kappa shape index (κ2) is 7.80. The molecule has 2 fully saturated rings. The molecule has 1 saturated heterocycles.